The molecular formula is C12H18N2O. The molecule has 1 aliphatic carbocycles. The molecule has 0 unspecified atom stereocenters. The topological polar surface area (TPSA) is 34.9 Å². The standard InChI is InChI=1S/C12H18N2O/c1-9(2)14-7-4-10(13-14)8-11(15)12(3)5-6-12/h4,7,9H,5-6,8H2,1-3H3. The highest BCUT2D eigenvalue weighted by molar-refractivity contribution is 5.88. The molecule has 3 nitrogen and oxygen atoms in total. The van der Waals surface area contributed by atoms with Gasteiger partial charge in [0.05, 0.1) is 12.1 Å². The SMILES string of the molecule is CC(C)n1ccc(CC(=O)C2(C)CC2)n1. The van der Waals surface area contributed by atoms with E-state index >= 15 is 0 Å². The Labute approximate surface area is 90.5 Å². The zero-order valence-electron chi connectivity index (χ0n) is 9.66. The van der Waals surface area contributed by atoms with Crippen LogP contribution in [0.2, 0.25) is 0 Å². The van der Waals surface area contributed by atoms with Crippen molar-refractivity contribution in [1.29, 1.82) is 0 Å². The number of hydrogen-bond donors (Lipinski definition) is 0. The first-order valence-corrected chi connectivity index (χ1v) is 5.59. The fourth-order valence-electron chi connectivity index (χ4n) is 1.60. The minimum atomic E-state index is -0.0262. The van der Waals surface area contributed by atoms with Gasteiger partial charge >= 0.3 is 0 Å². The van der Waals surface area contributed by atoms with Crippen LogP contribution in [-0.4, -0.2) is 15.6 Å². The molecule has 0 N–H and O–H groups in total. The van der Waals surface area contributed by atoms with E-state index in [1.54, 1.807) is 0 Å². The van der Waals surface area contributed by atoms with Crippen LogP contribution in [0.3, 0.4) is 0 Å². The van der Waals surface area contributed by atoms with Crippen LogP contribution in [0, 0.1) is 5.41 Å². The van der Waals surface area contributed by atoms with Gasteiger partial charge in [0.15, 0.2) is 0 Å². The summed E-state index contributed by atoms with van der Waals surface area (Å²) >= 11 is 0. The van der Waals surface area contributed by atoms with Crippen molar-refractivity contribution in [3.05, 3.63) is 18.0 Å². The van der Waals surface area contributed by atoms with Gasteiger partial charge in [0.25, 0.3) is 0 Å². The van der Waals surface area contributed by atoms with E-state index in [0.717, 1.165) is 18.5 Å². The van der Waals surface area contributed by atoms with Gasteiger partial charge in [0.2, 0.25) is 0 Å². The van der Waals surface area contributed by atoms with Gasteiger partial charge in [-0.2, -0.15) is 5.10 Å². The molecule has 0 aliphatic heterocycles. The highest BCUT2D eigenvalue weighted by Crippen LogP contribution is 2.46. The predicted molar refractivity (Wildman–Crippen MR) is 58.7 cm³/mol. The van der Waals surface area contributed by atoms with E-state index in [4.69, 9.17) is 0 Å². The lowest BCUT2D eigenvalue weighted by molar-refractivity contribution is -0.122. The van der Waals surface area contributed by atoms with Crippen LogP contribution in [0.25, 0.3) is 0 Å². The summed E-state index contributed by atoms with van der Waals surface area (Å²) in [5.74, 6) is 0.344. The summed E-state index contributed by atoms with van der Waals surface area (Å²) in [6, 6.07) is 2.31. The maximum absolute atomic E-state index is 11.8. The Kier molecular flexibility index (Phi) is 2.41. The number of hydrogen-bond acceptors (Lipinski definition) is 2. The van der Waals surface area contributed by atoms with Gasteiger partial charge in [-0.05, 0) is 32.8 Å². The lowest BCUT2D eigenvalue weighted by Gasteiger charge is -2.05. The van der Waals surface area contributed by atoms with Crippen molar-refractivity contribution in [3.63, 3.8) is 0 Å². The number of rotatable bonds is 4. The molecule has 1 saturated carbocycles. The Balaban J connectivity index is 2.01. The van der Waals surface area contributed by atoms with Gasteiger partial charge in [-0.1, -0.05) is 6.92 Å². The molecule has 0 radical (unpaired) electrons. The van der Waals surface area contributed by atoms with E-state index < -0.39 is 0 Å². The van der Waals surface area contributed by atoms with E-state index in [0.29, 0.717) is 18.2 Å². The Morgan fingerprint density at radius 2 is 2.27 bits per heavy atom. The van der Waals surface area contributed by atoms with Crippen molar-refractivity contribution in [1.82, 2.24) is 9.78 Å². The second-order valence-corrected chi connectivity index (χ2v) is 5.04. The summed E-state index contributed by atoms with van der Waals surface area (Å²) in [6.45, 7) is 6.22. The van der Waals surface area contributed by atoms with Crippen molar-refractivity contribution in [3.8, 4) is 0 Å². The van der Waals surface area contributed by atoms with E-state index in [2.05, 4.69) is 25.9 Å². The van der Waals surface area contributed by atoms with E-state index in [1.807, 2.05) is 16.9 Å². The second-order valence-electron chi connectivity index (χ2n) is 5.04. The molecule has 0 aromatic carbocycles. The molecule has 0 amide bonds. The molecule has 1 aromatic heterocycles. The number of ketones is 1. The molecule has 0 saturated heterocycles. The fourth-order valence-corrected chi connectivity index (χ4v) is 1.60. The van der Waals surface area contributed by atoms with Gasteiger partial charge in [-0.15, -0.1) is 0 Å². The Hall–Kier alpha value is -1.12. The normalized spacial score (nSPS) is 18.1. The fraction of sp³-hybridized carbons (Fsp3) is 0.667. The molecule has 0 spiro atoms. The Morgan fingerprint density at radius 1 is 1.60 bits per heavy atom. The van der Waals surface area contributed by atoms with Gasteiger partial charge in [-0.25, -0.2) is 0 Å². The van der Waals surface area contributed by atoms with Gasteiger partial charge in [-0.3, -0.25) is 9.48 Å². The molecule has 0 bridgehead atoms. The molecular weight excluding hydrogens is 188 g/mol. The molecule has 2 rings (SSSR count). The summed E-state index contributed by atoms with van der Waals surface area (Å²) < 4.78 is 1.90. The van der Waals surface area contributed by atoms with Crippen molar-refractivity contribution < 1.29 is 4.79 Å². The van der Waals surface area contributed by atoms with Gasteiger partial charge in [0.1, 0.15) is 5.78 Å². The van der Waals surface area contributed by atoms with Crippen LogP contribution in [0.5, 0.6) is 0 Å². The van der Waals surface area contributed by atoms with Crippen LogP contribution in [0.15, 0.2) is 12.3 Å². The van der Waals surface area contributed by atoms with Crippen LogP contribution in [0.1, 0.15) is 45.3 Å². The number of carbonyl (C=O) groups is 1. The molecule has 1 fully saturated rings. The van der Waals surface area contributed by atoms with Crippen molar-refractivity contribution in [2.75, 3.05) is 0 Å². The van der Waals surface area contributed by atoms with E-state index in [9.17, 15) is 4.79 Å². The van der Waals surface area contributed by atoms with Crippen molar-refractivity contribution in [2.45, 2.75) is 46.1 Å². The third-order valence-corrected chi connectivity index (χ3v) is 3.21. The first-order valence-electron chi connectivity index (χ1n) is 5.59. The largest absolute Gasteiger partial charge is 0.299 e. The van der Waals surface area contributed by atoms with Crippen molar-refractivity contribution >= 4 is 5.78 Å². The smallest absolute Gasteiger partial charge is 0.144 e. The van der Waals surface area contributed by atoms with Crippen LogP contribution < -0.4 is 0 Å². The second kappa shape index (κ2) is 3.47. The summed E-state index contributed by atoms with van der Waals surface area (Å²) in [6.07, 6.45) is 4.55. The average molecular weight is 206 g/mol. The zero-order valence-corrected chi connectivity index (χ0v) is 9.66. The first kappa shape index (κ1) is 10.4. The molecule has 15 heavy (non-hydrogen) atoms. The average Bonchev–Trinajstić information content (AvgIpc) is 2.76. The third kappa shape index (κ3) is 2.11. The van der Waals surface area contributed by atoms with E-state index in [1.165, 1.54) is 0 Å². The maximum atomic E-state index is 11.8. The van der Waals surface area contributed by atoms with Crippen LogP contribution in [0.4, 0.5) is 0 Å². The number of nitrogens with zero attached hydrogens (tertiary/aromatic N) is 2. The predicted octanol–water partition coefficient (Wildman–Crippen LogP) is 2.38. The Bertz CT molecular complexity index is 375. The van der Waals surface area contributed by atoms with Gasteiger partial charge in [0, 0.05) is 17.7 Å². The quantitative estimate of drug-likeness (QED) is 0.758. The highest BCUT2D eigenvalue weighted by atomic mass is 16.1. The number of carbonyl (C=O) groups excluding carboxylic acids is 1. The van der Waals surface area contributed by atoms with Crippen LogP contribution >= 0.6 is 0 Å². The third-order valence-electron chi connectivity index (χ3n) is 3.21. The summed E-state index contributed by atoms with van der Waals surface area (Å²) in [5, 5.41) is 4.39. The maximum Gasteiger partial charge on any atom is 0.144 e. The van der Waals surface area contributed by atoms with Gasteiger partial charge < -0.3 is 0 Å². The molecule has 0 atom stereocenters. The minimum Gasteiger partial charge on any atom is -0.299 e. The lowest BCUT2D eigenvalue weighted by Crippen LogP contribution is -2.15. The minimum absolute atomic E-state index is 0.0262. The lowest BCUT2D eigenvalue weighted by atomic mass is 10.00. The first-order chi connectivity index (χ1) is 7.01. The highest BCUT2D eigenvalue weighted by Gasteiger charge is 2.44. The number of aromatic nitrogens is 2. The molecule has 3 heteroatoms. The molecule has 82 valence electrons. The summed E-state index contributed by atoms with van der Waals surface area (Å²) in [7, 11) is 0. The number of Topliss-reactive ketones (excluding diaryl/α,β-unsaturated/α-hetero) is 1. The summed E-state index contributed by atoms with van der Waals surface area (Å²) in [5.41, 5.74) is 0.878. The molecule has 1 aliphatic rings. The Morgan fingerprint density at radius 3 is 2.73 bits per heavy atom. The van der Waals surface area contributed by atoms with Crippen molar-refractivity contribution in [2.24, 2.45) is 5.41 Å². The monoisotopic (exact) mass is 206 g/mol. The molecule has 1 heterocycles. The summed E-state index contributed by atoms with van der Waals surface area (Å²) in [4.78, 5) is 11.8. The zero-order chi connectivity index (χ0) is 11.1. The van der Waals surface area contributed by atoms with Crippen LogP contribution in [-0.2, 0) is 11.2 Å². The molecule has 1 aromatic rings. The van der Waals surface area contributed by atoms with E-state index in [-0.39, 0.29) is 5.41 Å².